The molecule has 0 aliphatic heterocycles. The van der Waals surface area contributed by atoms with Crippen molar-refractivity contribution in [2.75, 3.05) is 0 Å². The van der Waals surface area contributed by atoms with E-state index in [1.165, 1.54) is 13.8 Å². The highest BCUT2D eigenvalue weighted by molar-refractivity contribution is 6.30. The number of amides is 1. The molecular weight excluding hydrogens is 298 g/mol. The summed E-state index contributed by atoms with van der Waals surface area (Å²) in [6.07, 6.45) is -2.12. The highest BCUT2D eigenvalue weighted by Gasteiger charge is 2.27. The maximum Gasteiger partial charge on any atom is 0.328 e. The first kappa shape index (κ1) is 17.3. The Bertz CT molecular complexity index is 532. The fraction of sp³-hybridized carbons (Fsp3) is 0.429. The average molecular weight is 316 g/mol. The normalized spacial score (nSPS) is 14.9. The van der Waals surface area contributed by atoms with Gasteiger partial charge in [-0.15, -0.1) is 0 Å². The van der Waals surface area contributed by atoms with Crippen molar-refractivity contribution in [2.45, 2.75) is 39.0 Å². The van der Waals surface area contributed by atoms with Gasteiger partial charge in [-0.05, 0) is 44.5 Å². The van der Waals surface area contributed by atoms with Gasteiger partial charge in [-0.25, -0.2) is 4.79 Å². The molecule has 21 heavy (non-hydrogen) atoms. The third kappa shape index (κ3) is 4.91. The van der Waals surface area contributed by atoms with Gasteiger partial charge in [0.15, 0.2) is 12.1 Å². The predicted molar refractivity (Wildman–Crippen MR) is 77.5 cm³/mol. The predicted octanol–water partition coefficient (Wildman–Crippen LogP) is 1.37. The summed E-state index contributed by atoms with van der Waals surface area (Å²) in [4.78, 5) is 22.8. The van der Waals surface area contributed by atoms with E-state index in [1.807, 2.05) is 0 Å². The van der Waals surface area contributed by atoms with Gasteiger partial charge in [0, 0.05) is 5.02 Å². The largest absolute Gasteiger partial charge is 0.481 e. The van der Waals surface area contributed by atoms with Crippen molar-refractivity contribution in [3.8, 4) is 5.75 Å². The minimum Gasteiger partial charge on any atom is -0.481 e. The molecule has 0 aliphatic rings. The lowest BCUT2D eigenvalue weighted by atomic mass is 10.1. The Morgan fingerprint density at radius 1 is 1.33 bits per heavy atom. The van der Waals surface area contributed by atoms with Gasteiger partial charge in [0.25, 0.3) is 5.91 Å². The summed E-state index contributed by atoms with van der Waals surface area (Å²) in [5.74, 6) is -1.46. The monoisotopic (exact) mass is 315 g/mol. The summed E-state index contributed by atoms with van der Waals surface area (Å²) < 4.78 is 5.48. The number of aliphatic hydroxyl groups excluding tert-OH is 1. The van der Waals surface area contributed by atoms with Crippen LogP contribution in [0.3, 0.4) is 0 Å². The Morgan fingerprint density at radius 3 is 2.43 bits per heavy atom. The Balaban J connectivity index is 2.72. The number of aliphatic carboxylic acids is 1. The van der Waals surface area contributed by atoms with E-state index in [9.17, 15) is 14.7 Å². The zero-order valence-corrected chi connectivity index (χ0v) is 12.7. The zero-order chi connectivity index (χ0) is 16.2. The quantitative estimate of drug-likeness (QED) is 0.737. The SMILES string of the molecule is Cc1cc(Cl)ccc1OC(C)C(=O)NC(C(=O)O)C(C)O. The number of carboxylic acids is 1. The van der Waals surface area contributed by atoms with Crippen molar-refractivity contribution in [3.05, 3.63) is 28.8 Å². The molecule has 1 aromatic carbocycles. The van der Waals surface area contributed by atoms with Crippen LogP contribution in [-0.4, -0.2) is 40.3 Å². The molecule has 3 atom stereocenters. The van der Waals surface area contributed by atoms with Crippen molar-refractivity contribution in [3.63, 3.8) is 0 Å². The van der Waals surface area contributed by atoms with Gasteiger partial charge in [-0.3, -0.25) is 4.79 Å². The lowest BCUT2D eigenvalue weighted by Gasteiger charge is -2.21. The molecule has 0 heterocycles. The third-order valence-corrected chi connectivity index (χ3v) is 3.09. The average Bonchev–Trinajstić information content (AvgIpc) is 2.37. The number of benzene rings is 1. The van der Waals surface area contributed by atoms with Crippen molar-refractivity contribution in [2.24, 2.45) is 0 Å². The van der Waals surface area contributed by atoms with E-state index in [1.54, 1.807) is 25.1 Å². The number of carboxylic acid groups (broad SMARTS) is 1. The van der Waals surface area contributed by atoms with Gasteiger partial charge in [0.05, 0.1) is 6.10 Å². The van der Waals surface area contributed by atoms with Crippen LogP contribution in [0.15, 0.2) is 18.2 Å². The highest BCUT2D eigenvalue weighted by atomic mass is 35.5. The van der Waals surface area contributed by atoms with Crippen LogP contribution in [0, 0.1) is 6.92 Å². The van der Waals surface area contributed by atoms with Gasteiger partial charge in [-0.2, -0.15) is 0 Å². The van der Waals surface area contributed by atoms with Crippen molar-refractivity contribution in [1.82, 2.24) is 5.32 Å². The van der Waals surface area contributed by atoms with E-state index < -0.39 is 30.1 Å². The topological polar surface area (TPSA) is 95.9 Å². The third-order valence-electron chi connectivity index (χ3n) is 2.86. The second kappa shape index (κ2) is 7.28. The maximum absolute atomic E-state index is 11.9. The van der Waals surface area contributed by atoms with Crippen LogP contribution in [0.1, 0.15) is 19.4 Å². The number of ether oxygens (including phenoxy) is 1. The van der Waals surface area contributed by atoms with E-state index in [-0.39, 0.29) is 0 Å². The first-order valence-corrected chi connectivity index (χ1v) is 6.74. The van der Waals surface area contributed by atoms with Gasteiger partial charge >= 0.3 is 5.97 Å². The van der Waals surface area contributed by atoms with Crippen LogP contribution in [-0.2, 0) is 9.59 Å². The van der Waals surface area contributed by atoms with Crippen LogP contribution in [0.25, 0.3) is 0 Å². The molecule has 0 fully saturated rings. The summed E-state index contributed by atoms with van der Waals surface area (Å²) in [6, 6.07) is 3.57. The number of carbonyl (C=O) groups excluding carboxylic acids is 1. The van der Waals surface area contributed by atoms with Crippen LogP contribution in [0.5, 0.6) is 5.75 Å². The minimum atomic E-state index is -1.38. The van der Waals surface area contributed by atoms with Gasteiger partial charge in [-0.1, -0.05) is 11.6 Å². The first-order chi connectivity index (χ1) is 9.72. The lowest BCUT2D eigenvalue weighted by Crippen LogP contribution is -2.51. The molecule has 1 rings (SSSR count). The fourth-order valence-electron chi connectivity index (χ4n) is 1.65. The molecule has 0 radical (unpaired) electrons. The van der Waals surface area contributed by atoms with Crippen molar-refractivity contribution < 1.29 is 24.5 Å². The minimum absolute atomic E-state index is 0.478. The molecule has 0 bridgehead atoms. The molecule has 1 aromatic rings. The van der Waals surface area contributed by atoms with Crippen molar-refractivity contribution >= 4 is 23.5 Å². The van der Waals surface area contributed by atoms with Crippen LogP contribution < -0.4 is 10.1 Å². The number of carbonyl (C=O) groups is 2. The molecule has 6 nitrogen and oxygen atoms in total. The second-order valence-electron chi connectivity index (χ2n) is 4.73. The second-order valence-corrected chi connectivity index (χ2v) is 5.17. The molecule has 0 spiro atoms. The molecule has 0 saturated carbocycles. The van der Waals surface area contributed by atoms with Crippen molar-refractivity contribution in [1.29, 1.82) is 0 Å². The smallest absolute Gasteiger partial charge is 0.328 e. The number of nitrogens with one attached hydrogen (secondary N) is 1. The number of halogens is 1. The summed E-state index contributed by atoms with van der Waals surface area (Å²) >= 11 is 5.83. The zero-order valence-electron chi connectivity index (χ0n) is 12.0. The summed E-state index contributed by atoms with van der Waals surface area (Å²) in [5.41, 5.74) is 0.757. The summed E-state index contributed by atoms with van der Waals surface area (Å²) in [6.45, 7) is 4.56. The number of hydrogen-bond acceptors (Lipinski definition) is 4. The highest BCUT2D eigenvalue weighted by Crippen LogP contribution is 2.22. The lowest BCUT2D eigenvalue weighted by molar-refractivity contribution is -0.145. The number of aliphatic hydroxyl groups is 1. The Labute approximate surface area is 127 Å². The van der Waals surface area contributed by atoms with Crippen LogP contribution in [0.4, 0.5) is 0 Å². The maximum atomic E-state index is 11.9. The molecule has 3 N–H and O–H groups in total. The van der Waals surface area contributed by atoms with Crippen LogP contribution >= 0.6 is 11.6 Å². The van der Waals surface area contributed by atoms with Gasteiger partial charge in [0.1, 0.15) is 5.75 Å². The van der Waals surface area contributed by atoms with Gasteiger partial charge in [0.2, 0.25) is 0 Å². The molecule has 0 aliphatic carbocycles. The van der Waals surface area contributed by atoms with Crippen LogP contribution in [0.2, 0.25) is 5.02 Å². The molecule has 1 amide bonds. The van der Waals surface area contributed by atoms with Gasteiger partial charge < -0.3 is 20.3 Å². The summed E-state index contributed by atoms with van der Waals surface area (Å²) in [7, 11) is 0. The van der Waals surface area contributed by atoms with E-state index in [0.717, 1.165) is 5.56 Å². The molecule has 7 heteroatoms. The molecule has 0 saturated heterocycles. The Hall–Kier alpha value is -1.79. The fourth-order valence-corrected chi connectivity index (χ4v) is 1.87. The van der Waals surface area contributed by atoms with E-state index in [2.05, 4.69) is 5.32 Å². The molecular formula is C14H18ClNO5. The Morgan fingerprint density at radius 2 is 1.95 bits per heavy atom. The molecule has 116 valence electrons. The number of rotatable bonds is 6. The molecule has 3 unspecified atom stereocenters. The number of hydrogen-bond donors (Lipinski definition) is 3. The van der Waals surface area contributed by atoms with E-state index >= 15 is 0 Å². The standard InChI is InChI=1S/C14H18ClNO5/c1-7-6-10(15)4-5-11(7)21-9(3)13(18)16-12(8(2)17)14(19)20/h4-6,8-9,12,17H,1-3H3,(H,16,18)(H,19,20). The number of aryl methyl sites for hydroxylation is 1. The summed E-state index contributed by atoms with van der Waals surface area (Å²) in [5, 5.41) is 21.0. The Kier molecular flexibility index (Phi) is 5.99. The molecule has 0 aromatic heterocycles. The first-order valence-electron chi connectivity index (χ1n) is 6.36. The van der Waals surface area contributed by atoms with E-state index in [4.69, 9.17) is 21.4 Å². The van der Waals surface area contributed by atoms with E-state index in [0.29, 0.717) is 10.8 Å².